The largest absolute Gasteiger partial charge is 0.496 e. The van der Waals surface area contributed by atoms with Crippen molar-refractivity contribution in [2.75, 3.05) is 46.9 Å². The van der Waals surface area contributed by atoms with Crippen molar-refractivity contribution in [2.45, 2.75) is 59.2 Å². The molecule has 6 rings (SSSR count). The van der Waals surface area contributed by atoms with Gasteiger partial charge in [-0.05, 0) is 85.9 Å². The molecular weight excluding hydrogens is 602 g/mol. The predicted octanol–water partition coefficient (Wildman–Crippen LogP) is 5.31. The second kappa shape index (κ2) is 14.0. The molecule has 0 radical (unpaired) electrons. The van der Waals surface area contributed by atoms with Crippen LogP contribution in [0, 0.1) is 31.1 Å². The van der Waals surface area contributed by atoms with Gasteiger partial charge in [-0.1, -0.05) is 24.3 Å². The van der Waals surface area contributed by atoms with E-state index in [-0.39, 0.29) is 17.5 Å². The SMILES string of the molecule is COc1cc(-c2cn(C)c(=O)c(C)c2C)cc(OC)c1CN1CCN(Cc2cccc3c2CCN(C(=O)/C(C#N)=C/C2CC2)C3C)CC1. The molecule has 1 amide bonds. The highest BCUT2D eigenvalue weighted by atomic mass is 16.5. The Kier molecular flexibility index (Phi) is 9.77. The van der Waals surface area contributed by atoms with Crippen LogP contribution in [0.5, 0.6) is 11.5 Å². The smallest absolute Gasteiger partial charge is 0.264 e. The van der Waals surface area contributed by atoms with E-state index in [4.69, 9.17) is 9.47 Å². The molecule has 1 saturated heterocycles. The van der Waals surface area contributed by atoms with Gasteiger partial charge in [0.2, 0.25) is 0 Å². The fourth-order valence-corrected chi connectivity index (χ4v) is 7.31. The molecule has 48 heavy (non-hydrogen) atoms. The number of nitriles is 1. The Morgan fingerprint density at radius 2 is 1.62 bits per heavy atom. The van der Waals surface area contributed by atoms with E-state index in [0.717, 1.165) is 91.3 Å². The second-order valence-corrected chi connectivity index (χ2v) is 13.6. The number of rotatable bonds is 9. The molecule has 3 aliphatic rings. The molecule has 1 unspecified atom stereocenters. The van der Waals surface area contributed by atoms with E-state index in [2.05, 4.69) is 53.1 Å². The quantitative estimate of drug-likeness (QED) is 0.229. The Bertz CT molecular complexity index is 1820. The minimum atomic E-state index is -0.135. The van der Waals surface area contributed by atoms with E-state index in [0.29, 0.717) is 24.6 Å². The normalized spacial score (nSPS) is 18.7. The maximum absolute atomic E-state index is 13.3. The third-order valence-electron chi connectivity index (χ3n) is 10.6. The fourth-order valence-electron chi connectivity index (χ4n) is 7.31. The van der Waals surface area contributed by atoms with E-state index in [1.807, 2.05) is 31.0 Å². The molecule has 3 heterocycles. The summed E-state index contributed by atoms with van der Waals surface area (Å²) in [7, 11) is 5.18. The molecule has 2 fully saturated rings. The number of carbonyl (C=O) groups excluding carboxylic acids is 1. The number of methoxy groups -OCH3 is 2. The molecule has 0 N–H and O–H groups in total. The van der Waals surface area contributed by atoms with Gasteiger partial charge in [0, 0.05) is 70.2 Å². The van der Waals surface area contributed by atoms with Crippen molar-refractivity contribution in [3.63, 3.8) is 0 Å². The highest BCUT2D eigenvalue weighted by Crippen LogP contribution is 2.38. The topological polar surface area (TPSA) is 91.0 Å². The van der Waals surface area contributed by atoms with Crippen LogP contribution in [-0.2, 0) is 31.4 Å². The zero-order chi connectivity index (χ0) is 34.1. The van der Waals surface area contributed by atoms with E-state index in [1.54, 1.807) is 25.8 Å². The van der Waals surface area contributed by atoms with Gasteiger partial charge in [0.05, 0.1) is 25.8 Å². The summed E-state index contributed by atoms with van der Waals surface area (Å²) >= 11 is 0. The Labute approximate surface area is 284 Å². The number of aromatic nitrogens is 1. The summed E-state index contributed by atoms with van der Waals surface area (Å²) in [6.07, 6.45) is 6.71. The van der Waals surface area contributed by atoms with Gasteiger partial charge in [-0.15, -0.1) is 0 Å². The van der Waals surface area contributed by atoms with Crippen molar-refractivity contribution in [3.05, 3.63) is 91.9 Å². The summed E-state index contributed by atoms with van der Waals surface area (Å²) in [4.78, 5) is 32.6. The van der Waals surface area contributed by atoms with Crippen LogP contribution in [0.15, 0.2) is 53.0 Å². The number of amides is 1. The first-order chi connectivity index (χ1) is 23.1. The van der Waals surface area contributed by atoms with Crippen molar-refractivity contribution in [1.82, 2.24) is 19.3 Å². The van der Waals surface area contributed by atoms with Crippen LogP contribution in [0.25, 0.3) is 11.1 Å². The van der Waals surface area contributed by atoms with E-state index >= 15 is 0 Å². The standard InChI is InChI=1S/C39H47N5O4/c1-25-26(2)38(45)41(4)23-34(25)30-19-36(47-5)35(37(20-30)48-6)24-43-16-14-42(15-17-43)22-29-8-7-9-32-27(3)44(13-12-33(29)32)39(46)31(21-40)18-28-10-11-28/h7-9,18-20,23,27-28H,10-17,22,24H2,1-6H3/b31-18+. The lowest BCUT2D eigenvalue weighted by Gasteiger charge is -2.38. The Morgan fingerprint density at radius 1 is 0.979 bits per heavy atom. The molecule has 252 valence electrons. The number of aryl methyl sites for hydroxylation is 1. The van der Waals surface area contributed by atoms with Gasteiger partial charge in [0.1, 0.15) is 23.1 Å². The summed E-state index contributed by atoms with van der Waals surface area (Å²) in [6, 6.07) is 12.7. The highest BCUT2D eigenvalue weighted by molar-refractivity contribution is 5.97. The number of fused-ring (bicyclic) bond motifs is 1. The molecule has 1 atom stereocenters. The molecule has 9 nitrogen and oxygen atoms in total. The zero-order valence-electron chi connectivity index (χ0n) is 29.1. The van der Waals surface area contributed by atoms with E-state index in [1.165, 1.54) is 16.7 Å². The Hall–Kier alpha value is -4.39. The van der Waals surface area contributed by atoms with Crippen LogP contribution in [0.2, 0.25) is 0 Å². The van der Waals surface area contributed by atoms with Crippen LogP contribution < -0.4 is 15.0 Å². The molecule has 2 aliphatic heterocycles. The van der Waals surface area contributed by atoms with Gasteiger partial charge in [-0.25, -0.2) is 0 Å². The van der Waals surface area contributed by atoms with Crippen molar-refractivity contribution in [1.29, 1.82) is 5.26 Å². The lowest BCUT2D eigenvalue weighted by molar-refractivity contribution is -0.129. The van der Waals surface area contributed by atoms with E-state index in [9.17, 15) is 14.9 Å². The van der Waals surface area contributed by atoms with Gasteiger partial charge in [-0.3, -0.25) is 19.4 Å². The number of benzene rings is 2. The summed E-state index contributed by atoms with van der Waals surface area (Å²) in [6.45, 7) is 11.9. The molecule has 2 aromatic carbocycles. The number of piperazine rings is 1. The van der Waals surface area contributed by atoms with Gasteiger partial charge in [-0.2, -0.15) is 5.26 Å². The number of allylic oxidation sites excluding steroid dienone is 1. The number of pyridine rings is 1. The number of nitrogens with zero attached hydrogens (tertiary/aromatic N) is 5. The fraction of sp³-hybridized carbons (Fsp3) is 0.462. The average Bonchev–Trinajstić information content (AvgIpc) is 3.93. The van der Waals surface area contributed by atoms with Crippen molar-refractivity contribution < 1.29 is 14.3 Å². The zero-order valence-corrected chi connectivity index (χ0v) is 29.1. The van der Waals surface area contributed by atoms with Gasteiger partial charge >= 0.3 is 0 Å². The first-order valence-corrected chi connectivity index (χ1v) is 17.0. The number of carbonyl (C=O) groups is 1. The number of hydrogen-bond donors (Lipinski definition) is 0. The molecule has 0 spiro atoms. The molecular formula is C39H47N5O4. The van der Waals surface area contributed by atoms with Gasteiger partial charge < -0.3 is 18.9 Å². The van der Waals surface area contributed by atoms with Crippen LogP contribution >= 0.6 is 0 Å². The highest BCUT2D eigenvalue weighted by Gasteiger charge is 2.32. The molecule has 3 aromatic rings. The Balaban J connectivity index is 1.12. The predicted molar refractivity (Wildman–Crippen MR) is 187 cm³/mol. The summed E-state index contributed by atoms with van der Waals surface area (Å²) in [5.41, 5.74) is 8.84. The molecule has 1 aliphatic carbocycles. The summed E-state index contributed by atoms with van der Waals surface area (Å²) < 4.78 is 13.4. The second-order valence-electron chi connectivity index (χ2n) is 13.6. The third kappa shape index (κ3) is 6.65. The van der Waals surface area contributed by atoms with Crippen LogP contribution in [-0.4, -0.2) is 72.1 Å². The van der Waals surface area contributed by atoms with E-state index < -0.39 is 0 Å². The lowest BCUT2D eigenvalue weighted by atomic mass is 9.89. The minimum absolute atomic E-state index is 0.0120. The lowest BCUT2D eigenvalue weighted by Crippen LogP contribution is -2.45. The molecule has 1 aromatic heterocycles. The third-order valence-corrected chi connectivity index (χ3v) is 10.6. The van der Waals surface area contributed by atoms with Crippen LogP contribution in [0.1, 0.15) is 59.2 Å². The summed E-state index contributed by atoms with van der Waals surface area (Å²) in [5, 5.41) is 9.66. The minimum Gasteiger partial charge on any atom is -0.496 e. The van der Waals surface area contributed by atoms with Crippen molar-refractivity contribution >= 4 is 5.91 Å². The van der Waals surface area contributed by atoms with Crippen molar-refractivity contribution in [3.8, 4) is 28.7 Å². The molecule has 0 bridgehead atoms. The van der Waals surface area contributed by atoms with Gasteiger partial charge in [0.15, 0.2) is 0 Å². The maximum atomic E-state index is 13.3. The number of ether oxygens (including phenoxy) is 2. The van der Waals surface area contributed by atoms with Crippen LogP contribution in [0.4, 0.5) is 0 Å². The van der Waals surface area contributed by atoms with Crippen molar-refractivity contribution in [2.24, 2.45) is 13.0 Å². The molecule has 1 saturated carbocycles. The average molecular weight is 650 g/mol. The first-order valence-electron chi connectivity index (χ1n) is 17.0. The Morgan fingerprint density at radius 3 is 2.23 bits per heavy atom. The number of hydrogen-bond acceptors (Lipinski definition) is 7. The molecule has 9 heteroatoms. The summed E-state index contributed by atoms with van der Waals surface area (Å²) in [5.74, 6) is 1.81. The monoisotopic (exact) mass is 649 g/mol. The van der Waals surface area contributed by atoms with Gasteiger partial charge in [0.25, 0.3) is 11.5 Å². The maximum Gasteiger partial charge on any atom is 0.264 e. The first kappa shape index (κ1) is 33.5. The van der Waals surface area contributed by atoms with Crippen LogP contribution in [0.3, 0.4) is 0 Å².